The van der Waals surface area contributed by atoms with Crippen molar-refractivity contribution in [3.8, 4) is 0 Å². The molecule has 1 N–H and O–H groups in total. The normalized spacial score (nSPS) is 17.4. The van der Waals surface area contributed by atoms with Gasteiger partial charge in [0.25, 0.3) is 5.91 Å². The third kappa shape index (κ3) is 5.02. The zero-order chi connectivity index (χ0) is 20.8. The standard InChI is InChI=1S/C24H27N5O/c1-19-17-28(18-20-9-4-2-5-10-20)15-8-16-29(19)23-14-13-22(26-27-23)24(30)25-21-11-6-3-7-12-21/h2-7,9-14,19H,8,15-18H2,1H3,(H,25,30). The average molecular weight is 402 g/mol. The fraction of sp³-hybridized carbons (Fsp3) is 0.292. The minimum atomic E-state index is -0.252. The van der Waals surface area contributed by atoms with E-state index in [0.717, 1.165) is 44.1 Å². The molecule has 1 amide bonds. The van der Waals surface area contributed by atoms with Crippen LogP contribution in [-0.4, -0.2) is 46.7 Å². The van der Waals surface area contributed by atoms with Crippen molar-refractivity contribution in [2.45, 2.75) is 25.9 Å². The molecular weight excluding hydrogens is 374 g/mol. The summed E-state index contributed by atoms with van der Waals surface area (Å²) in [5.41, 5.74) is 2.40. The lowest BCUT2D eigenvalue weighted by atomic mass is 10.2. The van der Waals surface area contributed by atoms with Crippen LogP contribution < -0.4 is 10.2 Å². The molecule has 1 aliphatic rings. The van der Waals surface area contributed by atoms with Gasteiger partial charge in [0, 0.05) is 37.9 Å². The molecule has 6 nitrogen and oxygen atoms in total. The molecule has 0 aliphatic carbocycles. The van der Waals surface area contributed by atoms with Crippen LogP contribution in [0.2, 0.25) is 0 Å². The quantitative estimate of drug-likeness (QED) is 0.704. The van der Waals surface area contributed by atoms with Crippen molar-refractivity contribution in [2.24, 2.45) is 0 Å². The summed E-state index contributed by atoms with van der Waals surface area (Å²) in [7, 11) is 0. The van der Waals surface area contributed by atoms with E-state index in [9.17, 15) is 4.79 Å². The van der Waals surface area contributed by atoms with Crippen molar-refractivity contribution in [2.75, 3.05) is 29.9 Å². The summed E-state index contributed by atoms with van der Waals surface area (Å²) >= 11 is 0. The van der Waals surface area contributed by atoms with Gasteiger partial charge in [-0.05, 0) is 43.2 Å². The highest BCUT2D eigenvalue weighted by Gasteiger charge is 2.23. The average Bonchev–Trinajstić information content (AvgIpc) is 2.96. The molecule has 6 heteroatoms. The van der Waals surface area contributed by atoms with Crippen LogP contribution in [0.3, 0.4) is 0 Å². The van der Waals surface area contributed by atoms with Crippen LogP contribution in [0.15, 0.2) is 72.8 Å². The van der Waals surface area contributed by atoms with Gasteiger partial charge in [0.05, 0.1) is 0 Å². The molecule has 1 fully saturated rings. The second-order valence-corrected chi connectivity index (χ2v) is 7.71. The molecule has 1 aliphatic heterocycles. The third-order valence-electron chi connectivity index (χ3n) is 5.39. The smallest absolute Gasteiger partial charge is 0.276 e. The van der Waals surface area contributed by atoms with Crippen LogP contribution in [0.25, 0.3) is 0 Å². The molecule has 154 valence electrons. The van der Waals surface area contributed by atoms with Gasteiger partial charge >= 0.3 is 0 Å². The molecule has 1 unspecified atom stereocenters. The van der Waals surface area contributed by atoms with Crippen molar-refractivity contribution in [3.63, 3.8) is 0 Å². The monoisotopic (exact) mass is 401 g/mol. The Hall–Kier alpha value is -3.25. The van der Waals surface area contributed by atoms with E-state index in [1.165, 1.54) is 5.56 Å². The summed E-state index contributed by atoms with van der Waals surface area (Å²) < 4.78 is 0. The predicted molar refractivity (Wildman–Crippen MR) is 120 cm³/mol. The molecule has 2 heterocycles. The first-order valence-electron chi connectivity index (χ1n) is 10.4. The number of para-hydroxylation sites is 1. The zero-order valence-corrected chi connectivity index (χ0v) is 17.2. The molecule has 1 saturated heterocycles. The van der Waals surface area contributed by atoms with Crippen molar-refractivity contribution in [3.05, 3.63) is 84.1 Å². The van der Waals surface area contributed by atoms with Gasteiger partial charge in [0.15, 0.2) is 11.5 Å². The second kappa shape index (κ2) is 9.50. The third-order valence-corrected chi connectivity index (χ3v) is 5.39. The van der Waals surface area contributed by atoms with E-state index in [2.05, 4.69) is 62.6 Å². The van der Waals surface area contributed by atoms with Gasteiger partial charge in [0.1, 0.15) is 0 Å². The van der Waals surface area contributed by atoms with Gasteiger partial charge in [0.2, 0.25) is 0 Å². The van der Waals surface area contributed by atoms with E-state index in [-0.39, 0.29) is 5.91 Å². The number of nitrogens with zero attached hydrogens (tertiary/aromatic N) is 4. The Morgan fingerprint density at radius 3 is 2.40 bits per heavy atom. The van der Waals surface area contributed by atoms with Gasteiger partial charge in [-0.25, -0.2) is 0 Å². The SMILES string of the molecule is CC1CN(Cc2ccccc2)CCCN1c1ccc(C(=O)Nc2ccccc2)nn1. The maximum absolute atomic E-state index is 12.4. The molecule has 2 aromatic carbocycles. The number of amides is 1. The van der Waals surface area contributed by atoms with E-state index in [1.807, 2.05) is 36.4 Å². The van der Waals surface area contributed by atoms with E-state index in [0.29, 0.717) is 11.7 Å². The summed E-state index contributed by atoms with van der Waals surface area (Å²) in [6, 6.07) is 23.9. The molecule has 0 spiro atoms. The second-order valence-electron chi connectivity index (χ2n) is 7.71. The highest BCUT2D eigenvalue weighted by molar-refractivity contribution is 6.02. The molecule has 1 aromatic heterocycles. The molecule has 4 rings (SSSR count). The van der Waals surface area contributed by atoms with Crippen LogP contribution in [0.4, 0.5) is 11.5 Å². The number of carbonyl (C=O) groups excluding carboxylic acids is 1. The number of nitrogens with one attached hydrogen (secondary N) is 1. The number of aromatic nitrogens is 2. The van der Waals surface area contributed by atoms with Gasteiger partial charge in [-0.15, -0.1) is 10.2 Å². The number of anilines is 2. The van der Waals surface area contributed by atoms with Crippen molar-refractivity contribution >= 4 is 17.4 Å². The maximum Gasteiger partial charge on any atom is 0.276 e. The Balaban J connectivity index is 1.39. The summed E-state index contributed by atoms with van der Waals surface area (Å²) in [4.78, 5) is 17.2. The highest BCUT2D eigenvalue weighted by atomic mass is 16.1. The Bertz CT molecular complexity index is 946. The minimum absolute atomic E-state index is 0.252. The molecule has 0 saturated carbocycles. The minimum Gasteiger partial charge on any atom is -0.351 e. The number of hydrogen-bond donors (Lipinski definition) is 1. The van der Waals surface area contributed by atoms with E-state index < -0.39 is 0 Å². The first-order chi connectivity index (χ1) is 14.7. The number of benzene rings is 2. The summed E-state index contributed by atoms with van der Waals surface area (Å²) in [5, 5.41) is 11.4. The topological polar surface area (TPSA) is 61.4 Å². The maximum atomic E-state index is 12.4. The van der Waals surface area contributed by atoms with Crippen molar-refractivity contribution in [1.82, 2.24) is 15.1 Å². The predicted octanol–water partition coefficient (Wildman–Crippen LogP) is 3.83. The first-order valence-corrected chi connectivity index (χ1v) is 10.4. The van der Waals surface area contributed by atoms with Crippen LogP contribution >= 0.6 is 0 Å². The Morgan fingerprint density at radius 2 is 1.70 bits per heavy atom. The molecule has 1 atom stereocenters. The molecular formula is C24H27N5O. The fourth-order valence-corrected chi connectivity index (χ4v) is 3.89. The Kier molecular flexibility index (Phi) is 6.35. The Labute approximate surface area is 177 Å². The highest BCUT2D eigenvalue weighted by Crippen LogP contribution is 2.19. The van der Waals surface area contributed by atoms with Gasteiger partial charge in [-0.1, -0.05) is 48.5 Å². The first kappa shape index (κ1) is 20.0. The lowest BCUT2D eigenvalue weighted by molar-refractivity contribution is 0.102. The molecule has 30 heavy (non-hydrogen) atoms. The number of hydrogen-bond acceptors (Lipinski definition) is 5. The molecule has 0 radical (unpaired) electrons. The van der Waals surface area contributed by atoms with Crippen LogP contribution in [0, 0.1) is 0 Å². The summed E-state index contributed by atoms with van der Waals surface area (Å²) in [5.74, 6) is 0.568. The number of carbonyl (C=O) groups is 1. The zero-order valence-electron chi connectivity index (χ0n) is 17.2. The lowest BCUT2D eigenvalue weighted by Crippen LogP contribution is -2.39. The number of rotatable bonds is 5. The van der Waals surface area contributed by atoms with Crippen LogP contribution in [-0.2, 0) is 6.54 Å². The lowest BCUT2D eigenvalue weighted by Gasteiger charge is -2.29. The van der Waals surface area contributed by atoms with Crippen LogP contribution in [0.1, 0.15) is 29.4 Å². The van der Waals surface area contributed by atoms with Crippen LogP contribution in [0.5, 0.6) is 0 Å². The van der Waals surface area contributed by atoms with Gasteiger partial charge in [-0.3, -0.25) is 9.69 Å². The molecule has 0 bridgehead atoms. The van der Waals surface area contributed by atoms with E-state index in [4.69, 9.17) is 0 Å². The van der Waals surface area contributed by atoms with E-state index >= 15 is 0 Å². The van der Waals surface area contributed by atoms with Gasteiger partial charge in [-0.2, -0.15) is 0 Å². The fourth-order valence-electron chi connectivity index (χ4n) is 3.89. The van der Waals surface area contributed by atoms with Crippen molar-refractivity contribution < 1.29 is 4.79 Å². The summed E-state index contributed by atoms with van der Waals surface area (Å²) in [6.45, 7) is 6.13. The summed E-state index contributed by atoms with van der Waals surface area (Å²) in [6.07, 6.45) is 1.06. The Morgan fingerprint density at radius 1 is 0.967 bits per heavy atom. The largest absolute Gasteiger partial charge is 0.351 e. The molecule has 3 aromatic rings. The van der Waals surface area contributed by atoms with Crippen molar-refractivity contribution in [1.29, 1.82) is 0 Å². The van der Waals surface area contributed by atoms with Gasteiger partial charge < -0.3 is 10.2 Å². The van der Waals surface area contributed by atoms with E-state index in [1.54, 1.807) is 6.07 Å².